The lowest BCUT2D eigenvalue weighted by atomic mass is 9.86. The first-order valence-electron chi connectivity index (χ1n) is 5.87. The van der Waals surface area contributed by atoms with Crippen LogP contribution in [0.1, 0.15) is 32.8 Å². The van der Waals surface area contributed by atoms with E-state index in [0.29, 0.717) is 6.61 Å². The molecule has 0 bridgehead atoms. The number of benzene rings is 1. The molecule has 0 heterocycles. The molecule has 0 unspecified atom stereocenters. The van der Waals surface area contributed by atoms with Crippen LogP contribution in [0.4, 0.5) is 0 Å². The molecule has 0 aliphatic rings. The van der Waals surface area contributed by atoms with Crippen LogP contribution in [0.2, 0.25) is 0 Å². The Morgan fingerprint density at radius 2 is 1.88 bits per heavy atom. The van der Waals surface area contributed by atoms with Crippen LogP contribution < -0.4 is 0 Å². The van der Waals surface area contributed by atoms with Crippen LogP contribution in [-0.4, -0.2) is 12.6 Å². The van der Waals surface area contributed by atoms with E-state index in [2.05, 4.69) is 28.1 Å². The summed E-state index contributed by atoms with van der Waals surface area (Å²) in [5.74, 6) is -0.114. The van der Waals surface area contributed by atoms with Crippen molar-refractivity contribution >= 4 is 21.9 Å². The van der Waals surface area contributed by atoms with Crippen LogP contribution in [0.5, 0.6) is 0 Å². The summed E-state index contributed by atoms with van der Waals surface area (Å²) in [6, 6.07) is 8.19. The summed E-state index contributed by atoms with van der Waals surface area (Å²) < 4.78 is 6.14. The first kappa shape index (κ1) is 14.2. The number of halogens is 1. The Bertz CT molecular complexity index is 368. The largest absolute Gasteiger partial charge is 0.466 e. The van der Waals surface area contributed by atoms with Gasteiger partial charge in [-0.2, -0.15) is 0 Å². The molecule has 0 amide bonds. The number of ether oxygens (including phenoxy) is 1. The van der Waals surface area contributed by atoms with Gasteiger partial charge < -0.3 is 4.74 Å². The third-order valence-corrected chi connectivity index (χ3v) is 3.31. The fourth-order valence-corrected chi connectivity index (χ4v) is 1.80. The van der Waals surface area contributed by atoms with E-state index in [1.54, 1.807) is 0 Å². The second kappa shape index (κ2) is 6.20. The van der Waals surface area contributed by atoms with Gasteiger partial charge in [0.1, 0.15) is 0 Å². The summed E-state index contributed by atoms with van der Waals surface area (Å²) in [6.07, 6.45) is 1.69. The maximum absolute atomic E-state index is 11.7. The summed E-state index contributed by atoms with van der Waals surface area (Å²) in [4.78, 5) is 11.7. The Morgan fingerprint density at radius 1 is 1.29 bits per heavy atom. The Hall–Kier alpha value is -0.830. The SMILES string of the molecule is CCOC(=O)C(C)(C)CCc1ccc(Br)cc1. The molecular weight excluding hydrogens is 280 g/mol. The molecule has 1 aromatic rings. The number of carbonyl (C=O) groups is 1. The molecule has 1 rings (SSSR count). The van der Waals surface area contributed by atoms with Crippen LogP contribution in [0, 0.1) is 5.41 Å². The molecule has 0 N–H and O–H groups in total. The number of esters is 1. The number of hydrogen-bond acceptors (Lipinski definition) is 2. The van der Waals surface area contributed by atoms with Gasteiger partial charge >= 0.3 is 5.97 Å². The van der Waals surface area contributed by atoms with E-state index in [0.717, 1.165) is 17.3 Å². The third kappa shape index (κ3) is 4.50. The number of carbonyl (C=O) groups excluding carboxylic acids is 1. The molecule has 94 valence electrons. The van der Waals surface area contributed by atoms with Crippen molar-refractivity contribution < 1.29 is 9.53 Å². The lowest BCUT2D eigenvalue weighted by Gasteiger charge is -2.22. The molecule has 1 aromatic carbocycles. The Labute approximate surface area is 111 Å². The van der Waals surface area contributed by atoms with Gasteiger partial charge in [-0.15, -0.1) is 0 Å². The van der Waals surface area contributed by atoms with Crippen molar-refractivity contribution in [2.75, 3.05) is 6.61 Å². The van der Waals surface area contributed by atoms with E-state index < -0.39 is 5.41 Å². The second-order valence-electron chi connectivity index (χ2n) is 4.73. The van der Waals surface area contributed by atoms with Gasteiger partial charge in [-0.1, -0.05) is 28.1 Å². The average molecular weight is 299 g/mol. The second-order valence-corrected chi connectivity index (χ2v) is 5.65. The van der Waals surface area contributed by atoms with Gasteiger partial charge in [-0.3, -0.25) is 4.79 Å². The summed E-state index contributed by atoms with van der Waals surface area (Å²) in [6.45, 7) is 6.15. The Balaban J connectivity index is 2.54. The molecule has 0 aromatic heterocycles. The molecule has 0 saturated heterocycles. The standard InChI is InChI=1S/C14H19BrO2/c1-4-17-13(16)14(2,3)10-9-11-5-7-12(15)8-6-11/h5-8H,4,9-10H2,1-3H3. The van der Waals surface area contributed by atoms with Crippen molar-refractivity contribution in [2.24, 2.45) is 5.41 Å². The lowest BCUT2D eigenvalue weighted by molar-refractivity contribution is -0.153. The Morgan fingerprint density at radius 3 is 2.41 bits per heavy atom. The Kier molecular flexibility index (Phi) is 5.19. The predicted molar refractivity (Wildman–Crippen MR) is 72.9 cm³/mol. The first-order chi connectivity index (χ1) is 7.95. The van der Waals surface area contributed by atoms with Gasteiger partial charge in [0.2, 0.25) is 0 Å². The molecule has 0 radical (unpaired) electrons. The molecule has 17 heavy (non-hydrogen) atoms. The van der Waals surface area contributed by atoms with Crippen molar-refractivity contribution in [3.63, 3.8) is 0 Å². The van der Waals surface area contributed by atoms with Crippen molar-refractivity contribution in [1.29, 1.82) is 0 Å². The van der Waals surface area contributed by atoms with Crippen LogP contribution in [0.15, 0.2) is 28.7 Å². The summed E-state index contributed by atoms with van der Waals surface area (Å²) >= 11 is 3.41. The van der Waals surface area contributed by atoms with E-state index in [1.807, 2.05) is 32.9 Å². The van der Waals surface area contributed by atoms with E-state index in [4.69, 9.17) is 4.74 Å². The molecule has 0 fully saturated rings. The predicted octanol–water partition coefficient (Wildman–Crippen LogP) is 3.97. The molecule has 0 aliphatic carbocycles. The molecule has 0 saturated carbocycles. The lowest BCUT2D eigenvalue weighted by Crippen LogP contribution is -2.27. The zero-order chi connectivity index (χ0) is 12.9. The van der Waals surface area contributed by atoms with E-state index in [1.165, 1.54) is 5.56 Å². The fourth-order valence-electron chi connectivity index (χ4n) is 1.54. The topological polar surface area (TPSA) is 26.3 Å². The highest BCUT2D eigenvalue weighted by Gasteiger charge is 2.28. The van der Waals surface area contributed by atoms with Gasteiger partial charge in [-0.05, 0) is 51.3 Å². The number of aryl methyl sites for hydroxylation is 1. The molecule has 2 nitrogen and oxygen atoms in total. The normalized spacial score (nSPS) is 11.3. The number of hydrogen-bond donors (Lipinski definition) is 0. The van der Waals surface area contributed by atoms with Crippen LogP contribution in [0.25, 0.3) is 0 Å². The molecule has 3 heteroatoms. The van der Waals surface area contributed by atoms with Crippen molar-refractivity contribution in [3.05, 3.63) is 34.3 Å². The van der Waals surface area contributed by atoms with E-state index in [-0.39, 0.29) is 5.97 Å². The maximum atomic E-state index is 11.7. The zero-order valence-corrected chi connectivity index (χ0v) is 12.2. The molecule has 0 atom stereocenters. The summed E-state index contributed by atoms with van der Waals surface area (Å²) in [5.41, 5.74) is 0.828. The monoisotopic (exact) mass is 298 g/mol. The van der Waals surface area contributed by atoms with Crippen LogP contribution >= 0.6 is 15.9 Å². The van der Waals surface area contributed by atoms with E-state index in [9.17, 15) is 4.79 Å². The first-order valence-corrected chi connectivity index (χ1v) is 6.66. The zero-order valence-electron chi connectivity index (χ0n) is 10.6. The van der Waals surface area contributed by atoms with Crippen LogP contribution in [0.3, 0.4) is 0 Å². The summed E-state index contributed by atoms with van der Waals surface area (Å²) in [7, 11) is 0. The molecule has 0 aliphatic heterocycles. The minimum atomic E-state index is -0.414. The average Bonchev–Trinajstić information content (AvgIpc) is 2.29. The molecule has 0 spiro atoms. The maximum Gasteiger partial charge on any atom is 0.311 e. The highest BCUT2D eigenvalue weighted by molar-refractivity contribution is 9.10. The number of rotatable bonds is 5. The van der Waals surface area contributed by atoms with Crippen molar-refractivity contribution in [1.82, 2.24) is 0 Å². The van der Waals surface area contributed by atoms with Gasteiger partial charge in [0, 0.05) is 4.47 Å². The highest BCUT2D eigenvalue weighted by atomic mass is 79.9. The van der Waals surface area contributed by atoms with Gasteiger partial charge in [0.15, 0.2) is 0 Å². The highest BCUT2D eigenvalue weighted by Crippen LogP contribution is 2.25. The molecular formula is C14H19BrO2. The minimum absolute atomic E-state index is 0.114. The quantitative estimate of drug-likeness (QED) is 0.769. The smallest absolute Gasteiger partial charge is 0.311 e. The van der Waals surface area contributed by atoms with E-state index >= 15 is 0 Å². The van der Waals surface area contributed by atoms with Crippen molar-refractivity contribution in [3.8, 4) is 0 Å². The third-order valence-electron chi connectivity index (χ3n) is 2.78. The fraction of sp³-hybridized carbons (Fsp3) is 0.500. The minimum Gasteiger partial charge on any atom is -0.466 e. The van der Waals surface area contributed by atoms with Gasteiger partial charge in [0.05, 0.1) is 12.0 Å². The van der Waals surface area contributed by atoms with Crippen LogP contribution in [-0.2, 0) is 16.0 Å². The van der Waals surface area contributed by atoms with Gasteiger partial charge in [-0.25, -0.2) is 0 Å². The van der Waals surface area contributed by atoms with Crippen molar-refractivity contribution in [2.45, 2.75) is 33.6 Å². The summed E-state index contributed by atoms with van der Waals surface area (Å²) in [5, 5.41) is 0. The van der Waals surface area contributed by atoms with Gasteiger partial charge in [0.25, 0.3) is 0 Å².